The minimum Gasteiger partial charge on any atom is -0.459 e. The molecule has 2 rings (SSSR count). The van der Waals surface area contributed by atoms with Gasteiger partial charge in [0.1, 0.15) is 5.60 Å². The Balaban J connectivity index is 1.82. The van der Waals surface area contributed by atoms with Gasteiger partial charge in [0.05, 0.1) is 6.42 Å². The number of benzene rings is 1. The van der Waals surface area contributed by atoms with E-state index in [1.165, 1.54) is 0 Å². The summed E-state index contributed by atoms with van der Waals surface area (Å²) in [7, 11) is 0. The molecule has 1 N–H and O–H groups in total. The van der Waals surface area contributed by atoms with E-state index in [9.17, 15) is 9.59 Å². The van der Waals surface area contributed by atoms with Gasteiger partial charge in [-0.05, 0) is 46.7 Å². The van der Waals surface area contributed by atoms with Crippen molar-refractivity contribution in [2.45, 2.75) is 52.1 Å². The van der Waals surface area contributed by atoms with Gasteiger partial charge in [0.2, 0.25) is 0 Å². The minimum absolute atomic E-state index is 0.0124. The molecule has 4 heteroatoms. The molecule has 4 nitrogen and oxygen atoms in total. The van der Waals surface area contributed by atoms with Crippen molar-refractivity contribution in [2.75, 3.05) is 13.1 Å². The predicted octanol–water partition coefficient (Wildman–Crippen LogP) is 3.28. The van der Waals surface area contributed by atoms with Crippen LogP contribution in [0.4, 0.5) is 0 Å². The maximum absolute atomic E-state index is 12.1. The van der Waals surface area contributed by atoms with Gasteiger partial charge in [-0.3, -0.25) is 9.59 Å². The van der Waals surface area contributed by atoms with Crippen LogP contribution in [-0.2, 0) is 9.53 Å². The summed E-state index contributed by atoms with van der Waals surface area (Å²) in [6.07, 6.45) is 2.37. The van der Waals surface area contributed by atoms with Crippen LogP contribution in [0.5, 0.6) is 0 Å². The van der Waals surface area contributed by atoms with Crippen molar-refractivity contribution < 1.29 is 14.3 Å². The lowest BCUT2D eigenvalue weighted by molar-refractivity contribution is -0.162. The fraction of sp³-hybridized carbons (Fsp3) is 0.579. The molecule has 0 radical (unpaired) electrons. The van der Waals surface area contributed by atoms with Crippen molar-refractivity contribution in [1.29, 1.82) is 0 Å². The third kappa shape index (κ3) is 5.17. The number of rotatable bonds is 6. The molecule has 0 aromatic heterocycles. The summed E-state index contributed by atoms with van der Waals surface area (Å²) in [6, 6.07) is 7.43. The lowest BCUT2D eigenvalue weighted by Gasteiger charge is -2.36. The number of esters is 1. The van der Waals surface area contributed by atoms with Gasteiger partial charge in [-0.2, -0.15) is 0 Å². The van der Waals surface area contributed by atoms with Gasteiger partial charge >= 0.3 is 5.97 Å². The molecule has 0 spiro atoms. The highest BCUT2D eigenvalue weighted by molar-refractivity contribution is 5.97. The summed E-state index contributed by atoms with van der Waals surface area (Å²) in [5.41, 5.74) is 1.30. The molecule has 23 heavy (non-hydrogen) atoms. The number of carbonyl (C=O) groups is 2. The Bertz CT molecular complexity index is 542. The molecule has 1 aromatic rings. The Morgan fingerprint density at radius 3 is 2.35 bits per heavy atom. The van der Waals surface area contributed by atoms with Crippen LogP contribution >= 0.6 is 0 Å². The topological polar surface area (TPSA) is 55.4 Å². The Hall–Kier alpha value is -1.68. The number of nitrogens with one attached hydrogen (secondary N) is 1. The predicted molar refractivity (Wildman–Crippen MR) is 90.5 cm³/mol. The van der Waals surface area contributed by atoms with Crippen LogP contribution in [0.15, 0.2) is 24.3 Å². The zero-order chi connectivity index (χ0) is 16.9. The highest BCUT2D eigenvalue weighted by atomic mass is 16.6. The molecule has 1 aliphatic heterocycles. The molecular formula is C19H27NO3. The van der Waals surface area contributed by atoms with Gasteiger partial charge in [-0.1, -0.05) is 29.8 Å². The van der Waals surface area contributed by atoms with E-state index < -0.39 is 5.60 Å². The summed E-state index contributed by atoms with van der Waals surface area (Å²) >= 11 is 0. The van der Waals surface area contributed by atoms with Crippen LogP contribution < -0.4 is 5.32 Å². The fourth-order valence-corrected chi connectivity index (χ4v) is 3.04. The lowest BCUT2D eigenvalue weighted by atomic mass is 9.83. The van der Waals surface area contributed by atoms with Gasteiger partial charge in [0, 0.05) is 17.9 Å². The maximum Gasteiger partial charge on any atom is 0.306 e. The smallest absolute Gasteiger partial charge is 0.306 e. The molecule has 1 aliphatic rings. The second-order valence-corrected chi connectivity index (χ2v) is 6.89. The van der Waals surface area contributed by atoms with Crippen LogP contribution in [0.2, 0.25) is 0 Å². The maximum atomic E-state index is 12.1. The average molecular weight is 317 g/mol. The van der Waals surface area contributed by atoms with Crippen LogP contribution in [0.3, 0.4) is 0 Å². The van der Waals surface area contributed by atoms with Gasteiger partial charge in [0.25, 0.3) is 0 Å². The highest BCUT2D eigenvalue weighted by Crippen LogP contribution is 2.29. The first kappa shape index (κ1) is 17.7. The van der Waals surface area contributed by atoms with E-state index in [1.807, 2.05) is 45.0 Å². The Kier molecular flexibility index (Phi) is 5.94. The van der Waals surface area contributed by atoms with Crippen molar-refractivity contribution >= 4 is 11.8 Å². The van der Waals surface area contributed by atoms with E-state index in [1.54, 1.807) is 0 Å². The number of Topliss-reactive ketones (excluding diaryl/α,β-unsaturated/α-hetero) is 1. The van der Waals surface area contributed by atoms with Gasteiger partial charge < -0.3 is 10.1 Å². The van der Waals surface area contributed by atoms with Crippen LogP contribution in [0.1, 0.15) is 55.5 Å². The van der Waals surface area contributed by atoms with Crippen molar-refractivity contribution in [3.63, 3.8) is 0 Å². The van der Waals surface area contributed by atoms with Crippen molar-refractivity contribution in [2.24, 2.45) is 5.92 Å². The number of hydrogen-bond acceptors (Lipinski definition) is 4. The molecule has 126 valence electrons. The molecule has 0 unspecified atom stereocenters. The molecule has 1 saturated heterocycles. The second-order valence-electron chi connectivity index (χ2n) is 6.89. The summed E-state index contributed by atoms with van der Waals surface area (Å²) in [4.78, 5) is 24.2. The van der Waals surface area contributed by atoms with Crippen LogP contribution in [0, 0.1) is 12.8 Å². The van der Waals surface area contributed by atoms with E-state index in [0.29, 0.717) is 11.5 Å². The first-order valence-electron chi connectivity index (χ1n) is 8.41. The number of carbonyl (C=O) groups excluding carboxylic acids is 2. The number of aryl methyl sites for hydroxylation is 1. The molecule has 1 aromatic carbocycles. The molecule has 0 saturated carbocycles. The number of hydrogen-bond donors (Lipinski definition) is 1. The van der Waals surface area contributed by atoms with Gasteiger partial charge in [0.15, 0.2) is 5.78 Å². The molecule has 1 fully saturated rings. The summed E-state index contributed by atoms with van der Waals surface area (Å²) in [5, 5.41) is 3.32. The normalized spacial score (nSPS) is 16.1. The zero-order valence-corrected chi connectivity index (χ0v) is 14.4. The Morgan fingerprint density at radius 2 is 1.74 bits per heavy atom. The van der Waals surface area contributed by atoms with Crippen LogP contribution in [-0.4, -0.2) is 30.4 Å². The molecule has 0 atom stereocenters. The quantitative estimate of drug-likeness (QED) is 0.646. The summed E-state index contributed by atoms with van der Waals surface area (Å²) < 4.78 is 5.66. The Morgan fingerprint density at radius 1 is 1.13 bits per heavy atom. The highest BCUT2D eigenvalue weighted by Gasteiger charge is 2.34. The van der Waals surface area contributed by atoms with Gasteiger partial charge in [-0.15, -0.1) is 0 Å². The third-order valence-electron chi connectivity index (χ3n) is 4.63. The van der Waals surface area contributed by atoms with E-state index in [2.05, 4.69) is 5.32 Å². The van der Waals surface area contributed by atoms with Crippen molar-refractivity contribution in [3.05, 3.63) is 35.4 Å². The first-order chi connectivity index (χ1) is 10.9. The molecule has 1 heterocycles. The molecular weight excluding hydrogens is 290 g/mol. The van der Waals surface area contributed by atoms with E-state index in [-0.39, 0.29) is 24.6 Å². The van der Waals surface area contributed by atoms with Crippen molar-refractivity contribution in [1.82, 2.24) is 5.32 Å². The van der Waals surface area contributed by atoms with Crippen molar-refractivity contribution in [3.8, 4) is 0 Å². The minimum atomic E-state index is -0.466. The molecule has 0 bridgehead atoms. The van der Waals surface area contributed by atoms with E-state index in [4.69, 9.17) is 4.74 Å². The monoisotopic (exact) mass is 317 g/mol. The summed E-state index contributed by atoms with van der Waals surface area (Å²) in [5.74, 6) is 0.0797. The van der Waals surface area contributed by atoms with E-state index >= 15 is 0 Å². The number of ketones is 1. The van der Waals surface area contributed by atoms with E-state index in [0.717, 1.165) is 31.5 Å². The summed E-state index contributed by atoms with van der Waals surface area (Å²) in [6.45, 7) is 7.87. The third-order valence-corrected chi connectivity index (χ3v) is 4.63. The molecule has 0 amide bonds. The number of ether oxygens (including phenoxy) is 1. The lowest BCUT2D eigenvalue weighted by Crippen LogP contribution is -2.42. The largest absolute Gasteiger partial charge is 0.459 e. The van der Waals surface area contributed by atoms with Crippen LogP contribution in [0.25, 0.3) is 0 Å². The zero-order valence-electron chi connectivity index (χ0n) is 14.4. The first-order valence-corrected chi connectivity index (χ1v) is 8.41. The SMILES string of the molecule is Cc1ccc(C(=O)CCC(=O)OC(C)(C)C2CCNCC2)cc1. The number of piperidine rings is 1. The second kappa shape index (κ2) is 7.73. The standard InChI is InChI=1S/C19H27NO3/c1-14-4-6-15(7-5-14)17(21)8-9-18(22)23-19(2,3)16-10-12-20-13-11-16/h4-7,16,20H,8-13H2,1-3H3. The molecule has 0 aliphatic carbocycles. The fourth-order valence-electron chi connectivity index (χ4n) is 3.04. The Labute approximate surface area is 138 Å². The average Bonchev–Trinajstić information content (AvgIpc) is 2.54. The van der Waals surface area contributed by atoms with Gasteiger partial charge in [-0.25, -0.2) is 0 Å².